The number of nitrogens with zero attached hydrogens (tertiary/aromatic N) is 2. The molecule has 324 valence electrons. The molecule has 0 saturated carbocycles. The van der Waals surface area contributed by atoms with Crippen molar-refractivity contribution in [3.05, 3.63) is 267 Å². The molecule has 0 N–H and O–H groups in total. The molecule has 2 aromatic heterocycles. The highest BCUT2D eigenvalue weighted by Crippen LogP contribution is 2.41. The number of hydrogen-bond donors (Lipinski definition) is 0. The van der Waals surface area contributed by atoms with Crippen LogP contribution in [0, 0.1) is 0 Å². The molecule has 0 amide bonds. The van der Waals surface area contributed by atoms with Gasteiger partial charge in [0.2, 0.25) is 0 Å². The first kappa shape index (κ1) is 40.1. The fourth-order valence-electron chi connectivity index (χ4n) is 10.2. The van der Waals surface area contributed by atoms with Crippen molar-refractivity contribution in [2.24, 2.45) is 0 Å². The van der Waals surface area contributed by atoms with Gasteiger partial charge in [-0.05, 0) is 153 Å². The Morgan fingerprint density at radius 1 is 0.246 bits per heavy atom. The first-order chi connectivity index (χ1) is 34.2. The number of furan rings is 1. The molecule has 0 radical (unpaired) electrons. The Labute approximate surface area is 401 Å². The van der Waals surface area contributed by atoms with Gasteiger partial charge in [-0.15, -0.1) is 0 Å². The van der Waals surface area contributed by atoms with Crippen LogP contribution in [-0.4, -0.2) is 4.57 Å². The number of fused-ring (bicyclic) bond motifs is 6. The topological polar surface area (TPSA) is 21.3 Å². The molecule has 0 aliphatic carbocycles. The maximum Gasteiger partial charge on any atom is 0.135 e. The smallest absolute Gasteiger partial charge is 0.135 e. The molecule has 0 fully saturated rings. The molecule has 2 heterocycles. The Balaban J connectivity index is 0.894. The van der Waals surface area contributed by atoms with E-state index in [2.05, 4.69) is 264 Å². The highest BCUT2D eigenvalue weighted by molar-refractivity contribution is 6.10. The van der Waals surface area contributed by atoms with Crippen molar-refractivity contribution >= 4 is 60.8 Å². The molecule has 0 aliphatic rings. The largest absolute Gasteiger partial charge is 0.456 e. The predicted octanol–water partition coefficient (Wildman–Crippen LogP) is 18.5. The van der Waals surface area contributed by atoms with Crippen LogP contribution in [0.25, 0.3) is 105 Å². The van der Waals surface area contributed by atoms with Gasteiger partial charge in [-0.1, -0.05) is 170 Å². The number of hydrogen-bond acceptors (Lipinski definition) is 2. The molecular weight excluding hydrogens is 837 g/mol. The third kappa shape index (κ3) is 7.34. The Hall–Kier alpha value is -9.18. The Bertz CT molecular complexity index is 3910. The second-order valence-corrected chi connectivity index (χ2v) is 17.7. The van der Waals surface area contributed by atoms with Crippen molar-refractivity contribution in [3.8, 4) is 61.3 Å². The van der Waals surface area contributed by atoms with Crippen LogP contribution in [0.1, 0.15) is 0 Å². The number of rotatable bonds is 9. The quantitative estimate of drug-likeness (QED) is 0.144. The van der Waals surface area contributed by atoms with E-state index in [1.165, 1.54) is 55.2 Å². The first-order valence-electron chi connectivity index (χ1n) is 23.6. The van der Waals surface area contributed by atoms with Crippen LogP contribution in [0.5, 0.6) is 0 Å². The van der Waals surface area contributed by atoms with Crippen LogP contribution in [0.2, 0.25) is 0 Å². The fourth-order valence-corrected chi connectivity index (χ4v) is 10.2. The zero-order valence-electron chi connectivity index (χ0n) is 37.7. The minimum absolute atomic E-state index is 0.899. The summed E-state index contributed by atoms with van der Waals surface area (Å²) in [6.07, 6.45) is 0. The number of aromatic nitrogens is 1. The lowest BCUT2D eigenvalue weighted by Crippen LogP contribution is -2.09. The van der Waals surface area contributed by atoms with Gasteiger partial charge in [-0.2, -0.15) is 0 Å². The fraction of sp³-hybridized carbons (Fsp3) is 0. The molecular formula is C66H44N2O. The summed E-state index contributed by atoms with van der Waals surface area (Å²) in [6, 6.07) is 96.2. The molecule has 0 aliphatic heterocycles. The van der Waals surface area contributed by atoms with Gasteiger partial charge in [0.1, 0.15) is 11.2 Å². The van der Waals surface area contributed by atoms with E-state index in [0.717, 1.165) is 66.9 Å². The van der Waals surface area contributed by atoms with E-state index in [1.54, 1.807) is 0 Å². The van der Waals surface area contributed by atoms with Crippen molar-refractivity contribution < 1.29 is 4.42 Å². The van der Waals surface area contributed by atoms with Gasteiger partial charge in [-0.25, -0.2) is 0 Å². The van der Waals surface area contributed by atoms with E-state index in [9.17, 15) is 0 Å². The number of benzene rings is 11. The van der Waals surface area contributed by atoms with Crippen molar-refractivity contribution in [2.75, 3.05) is 4.90 Å². The van der Waals surface area contributed by atoms with Gasteiger partial charge in [0.05, 0.1) is 11.0 Å². The van der Waals surface area contributed by atoms with Gasteiger partial charge >= 0.3 is 0 Å². The average Bonchev–Trinajstić information content (AvgIpc) is 3.97. The summed E-state index contributed by atoms with van der Waals surface area (Å²) in [5.74, 6) is 0. The zero-order valence-corrected chi connectivity index (χ0v) is 37.7. The molecule has 13 aromatic rings. The van der Waals surface area contributed by atoms with Gasteiger partial charge in [0.25, 0.3) is 0 Å². The highest BCUT2D eigenvalue weighted by Gasteiger charge is 2.17. The number of anilines is 3. The van der Waals surface area contributed by atoms with E-state index >= 15 is 0 Å². The standard InChI is InChI=1S/C66H44N2O/c1-4-14-45(15-5-1)52-40-53(46-16-6-2-7-17-46)42-54(41-52)49-28-36-58(37-29-49)67(56-32-24-47(25-33-56)50-31-39-66-62(43-50)61-21-11-13-23-65(61)69-66)57-34-26-48(27-35-57)51-30-38-60-59-20-10-12-22-63(59)68(64(60)44-51)55-18-8-3-9-19-55/h1-44H. The SMILES string of the molecule is c1ccc(-c2cc(-c3ccccc3)cc(-c3ccc(N(c4ccc(-c5ccc6oc7ccccc7c6c5)cc4)c4ccc(-c5ccc6c7ccccc7n(-c7ccccc7)c6c5)cc4)cc3)c2)cc1. The molecule has 0 saturated heterocycles. The highest BCUT2D eigenvalue weighted by atomic mass is 16.3. The van der Waals surface area contributed by atoms with Crippen LogP contribution in [-0.2, 0) is 0 Å². The third-order valence-electron chi connectivity index (χ3n) is 13.6. The first-order valence-corrected chi connectivity index (χ1v) is 23.6. The Kier molecular flexibility index (Phi) is 9.84. The summed E-state index contributed by atoms with van der Waals surface area (Å²) in [5, 5.41) is 4.75. The minimum atomic E-state index is 0.899. The second kappa shape index (κ2) is 16.9. The molecule has 11 aromatic carbocycles. The third-order valence-corrected chi connectivity index (χ3v) is 13.6. The molecule has 13 rings (SSSR count). The lowest BCUT2D eigenvalue weighted by molar-refractivity contribution is 0.669. The molecule has 69 heavy (non-hydrogen) atoms. The summed E-state index contributed by atoms with van der Waals surface area (Å²) < 4.78 is 8.55. The zero-order chi connectivity index (χ0) is 45.7. The maximum atomic E-state index is 6.16. The number of para-hydroxylation sites is 3. The predicted molar refractivity (Wildman–Crippen MR) is 290 cm³/mol. The molecule has 3 heteroatoms. The van der Waals surface area contributed by atoms with Crippen LogP contribution < -0.4 is 4.90 Å². The van der Waals surface area contributed by atoms with Crippen LogP contribution in [0.15, 0.2) is 271 Å². The Morgan fingerprint density at radius 3 is 1.23 bits per heavy atom. The monoisotopic (exact) mass is 880 g/mol. The normalized spacial score (nSPS) is 11.5. The van der Waals surface area contributed by atoms with E-state index < -0.39 is 0 Å². The van der Waals surface area contributed by atoms with Gasteiger partial charge in [0, 0.05) is 44.3 Å². The van der Waals surface area contributed by atoms with E-state index in [0.29, 0.717) is 0 Å². The lowest BCUT2D eigenvalue weighted by atomic mass is 9.93. The van der Waals surface area contributed by atoms with Gasteiger partial charge in [-0.3, -0.25) is 0 Å². The molecule has 3 nitrogen and oxygen atoms in total. The second-order valence-electron chi connectivity index (χ2n) is 17.7. The summed E-state index contributed by atoms with van der Waals surface area (Å²) in [7, 11) is 0. The van der Waals surface area contributed by atoms with Crippen LogP contribution in [0.3, 0.4) is 0 Å². The molecule has 0 bridgehead atoms. The van der Waals surface area contributed by atoms with Gasteiger partial charge in [0.15, 0.2) is 0 Å². The van der Waals surface area contributed by atoms with Crippen LogP contribution in [0.4, 0.5) is 17.1 Å². The maximum absolute atomic E-state index is 6.16. The lowest BCUT2D eigenvalue weighted by Gasteiger charge is -2.26. The Morgan fingerprint density at radius 2 is 0.652 bits per heavy atom. The summed E-state index contributed by atoms with van der Waals surface area (Å²) in [4.78, 5) is 2.36. The van der Waals surface area contributed by atoms with Crippen LogP contribution >= 0.6 is 0 Å². The van der Waals surface area contributed by atoms with E-state index in [4.69, 9.17) is 4.42 Å². The van der Waals surface area contributed by atoms with Crippen molar-refractivity contribution in [1.29, 1.82) is 0 Å². The van der Waals surface area contributed by atoms with E-state index in [-0.39, 0.29) is 0 Å². The van der Waals surface area contributed by atoms with Crippen molar-refractivity contribution in [3.63, 3.8) is 0 Å². The molecule has 0 unspecified atom stereocenters. The summed E-state index contributed by atoms with van der Waals surface area (Å²) in [6.45, 7) is 0. The molecule has 0 atom stereocenters. The minimum Gasteiger partial charge on any atom is -0.456 e. The van der Waals surface area contributed by atoms with Crippen molar-refractivity contribution in [1.82, 2.24) is 4.57 Å². The average molecular weight is 881 g/mol. The summed E-state index contributed by atoms with van der Waals surface area (Å²) in [5.41, 5.74) is 20.3. The van der Waals surface area contributed by atoms with E-state index in [1.807, 2.05) is 12.1 Å². The van der Waals surface area contributed by atoms with Gasteiger partial charge < -0.3 is 13.9 Å². The molecule has 0 spiro atoms. The summed E-state index contributed by atoms with van der Waals surface area (Å²) >= 11 is 0. The van der Waals surface area contributed by atoms with Crippen molar-refractivity contribution in [2.45, 2.75) is 0 Å².